The molecule has 1 N–H and O–H groups in total. The number of aromatic nitrogens is 2. The summed E-state index contributed by atoms with van der Waals surface area (Å²) in [6.45, 7) is 5.63. The molecule has 2 aromatic heterocycles. The van der Waals surface area contributed by atoms with Crippen LogP contribution in [0.3, 0.4) is 0 Å². The number of rotatable bonds is 4. The Hall–Kier alpha value is -4.58. The fraction of sp³-hybridized carbons (Fsp3) is 0.293. The van der Waals surface area contributed by atoms with E-state index in [1.165, 1.54) is 9.80 Å². The molecule has 0 radical (unpaired) electrons. The third-order valence-corrected chi connectivity index (χ3v) is 14.2. The molecule has 3 fully saturated rings. The van der Waals surface area contributed by atoms with Crippen LogP contribution < -0.4 is 9.80 Å². The van der Waals surface area contributed by atoms with Crippen molar-refractivity contribution in [3.05, 3.63) is 105 Å². The lowest BCUT2D eigenvalue weighted by molar-refractivity contribution is -0.131. The highest BCUT2D eigenvalue weighted by Crippen LogP contribution is 2.64. The van der Waals surface area contributed by atoms with Gasteiger partial charge < -0.3 is 5.11 Å². The van der Waals surface area contributed by atoms with E-state index in [0.29, 0.717) is 39.8 Å². The Morgan fingerprint density at radius 2 is 1.70 bits per heavy atom. The second-order valence-electron chi connectivity index (χ2n) is 14.9. The molecule has 0 spiro atoms. The second kappa shape index (κ2) is 12.0. The molecule has 2 aliphatic heterocycles. The first-order chi connectivity index (χ1) is 25.3. The van der Waals surface area contributed by atoms with Crippen LogP contribution in [-0.2, 0) is 26.2 Å². The molecule has 0 bridgehead atoms. The number of amides is 4. The van der Waals surface area contributed by atoms with Gasteiger partial charge in [0.05, 0.1) is 33.7 Å². The zero-order chi connectivity index (χ0) is 37.2. The predicted molar refractivity (Wildman–Crippen MR) is 208 cm³/mol. The monoisotopic (exact) mass is 808 g/mol. The molecular formula is C41H34BrClN4O5S. The molecule has 3 aromatic carbocycles. The molecule has 1 saturated carbocycles. The van der Waals surface area contributed by atoms with Gasteiger partial charge in [0.15, 0.2) is 0 Å². The van der Waals surface area contributed by atoms with Crippen molar-refractivity contribution < 1.29 is 24.3 Å². The van der Waals surface area contributed by atoms with E-state index >= 15 is 4.79 Å². The maximum atomic E-state index is 15.1. The number of halogens is 2. The number of carbonyl (C=O) groups excluding carboxylic acids is 4. The Morgan fingerprint density at radius 3 is 2.45 bits per heavy atom. The summed E-state index contributed by atoms with van der Waals surface area (Å²) in [7, 11) is 1.72. The lowest BCUT2D eigenvalue weighted by Crippen LogP contribution is -2.49. The quantitative estimate of drug-likeness (QED) is 0.144. The summed E-state index contributed by atoms with van der Waals surface area (Å²) in [6.07, 6.45) is 2.52. The fourth-order valence-corrected chi connectivity index (χ4v) is 11.1. The molecule has 9 rings (SSSR count). The van der Waals surface area contributed by atoms with Gasteiger partial charge in [0.1, 0.15) is 17.3 Å². The first-order valence-corrected chi connectivity index (χ1v) is 19.5. The van der Waals surface area contributed by atoms with Crippen LogP contribution >= 0.6 is 38.9 Å². The smallest absolute Gasteiger partial charge is 0.242 e. The largest absolute Gasteiger partial charge is 0.507 e. The minimum absolute atomic E-state index is 0.0494. The molecule has 2 saturated heterocycles. The Balaban J connectivity index is 1.16. The highest BCUT2D eigenvalue weighted by Gasteiger charge is 2.68. The number of thiophene rings is 1. The number of fused-ring (bicyclic) bond motifs is 5. The number of allylic oxidation sites excluding steroid dienone is 2. The third-order valence-electron chi connectivity index (χ3n) is 12.2. The second-order valence-corrected chi connectivity index (χ2v) is 17.3. The number of benzene rings is 3. The lowest BCUT2D eigenvalue weighted by Gasteiger charge is -2.49. The maximum absolute atomic E-state index is 15.1. The van der Waals surface area contributed by atoms with Gasteiger partial charge in [-0.25, -0.2) is 4.90 Å². The van der Waals surface area contributed by atoms with Crippen molar-refractivity contribution in [3.8, 4) is 16.3 Å². The summed E-state index contributed by atoms with van der Waals surface area (Å²) in [5, 5.41) is 18.0. The van der Waals surface area contributed by atoms with Gasteiger partial charge in [0, 0.05) is 38.8 Å². The van der Waals surface area contributed by atoms with Crippen molar-refractivity contribution in [2.75, 3.05) is 9.80 Å². The van der Waals surface area contributed by atoms with Crippen LogP contribution in [0, 0.1) is 42.9 Å². The lowest BCUT2D eigenvalue weighted by atomic mass is 9.51. The minimum atomic E-state index is -1.30. The number of carbonyl (C=O) groups is 4. The van der Waals surface area contributed by atoms with Crippen LogP contribution in [0.15, 0.2) is 82.9 Å². The van der Waals surface area contributed by atoms with Crippen LogP contribution in [0.2, 0.25) is 5.02 Å². The average molecular weight is 810 g/mol. The Morgan fingerprint density at radius 1 is 0.943 bits per heavy atom. The Kier molecular flexibility index (Phi) is 7.72. The number of aromatic hydroxyl groups is 1. The van der Waals surface area contributed by atoms with Gasteiger partial charge in [-0.3, -0.25) is 28.8 Å². The molecule has 6 unspecified atom stereocenters. The van der Waals surface area contributed by atoms with E-state index in [9.17, 15) is 19.5 Å². The number of nitrogens with zero attached hydrogens (tertiary/aromatic N) is 4. The fourth-order valence-electron chi connectivity index (χ4n) is 9.55. The molecule has 9 nitrogen and oxygen atoms in total. The first kappa shape index (κ1) is 34.2. The number of aryl methyl sites for hydroxylation is 3. The Bertz CT molecular complexity index is 2490. The van der Waals surface area contributed by atoms with E-state index in [0.717, 1.165) is 30.6 Å². The van der Waals surface area contributed by atoms with Crippen molar-refractivity contribution in [1.82, 2.24) is 9.78 Å². The van der Waals surface area contributed by atoms with Crippen LogP contribution in [0.4, 0.5) is 11.5 Å². The van der Waals surface area contributed by atoms with Crippen LogP contribution in [-0.4, -0.2) is 38.5 Å². The van der Waals surface area contributed by atoms with Gasteiger partial charge in [-0.05, 0) is 98.5 Å². The van der Waals surface area contributed by atoms with Crippen molar-refractivity contribution >= 4 is 84.1 Å². The topological polar surface area (TPSA) is 113 Å². The summed E-state index contributed by atoms with van der Waals surface area (Å²) < 4.78 is 3.45. The van der Waals surface area contributed by atoms with Gasteiger partial charge >= 0.3 is 0 Å². The zero-order valence-corrected chi connectivity index (χ0v) is 32.4. The van der Waals surface area contributed by atoms with E-state index in [1.807, 2.05) is 44.2 Å². The van der Waals surface area contributed by atoms with Crippen molar-refractivity contribution in [2.24, 2.45) is 36.1 Å². The number of phenolic OH excluding ortho intramolecular Hbond substituents is 1. The number of imide groups is 2. The third kappa shape index (κ3) is 4.76. The van der Waals surface area contributed by atoms with Crippen LogP contribution in [0.1, 0.15) is 42.4 Å². The normalized spacial score (nSPS) is 26.7. The molecule has 6 atom stereocenters. The molecule has 12 heteroatoms. The van der Waals surface area contributed by atoms with E-state index in [2.05, 4.69) is 15.9 Å². The number of anilines is 2. The van der Waals surface area contributed by atoms with Gasteiger partial charge in [-0.15, -0.1) is 11.3 Å². The molecule has 4 aliphatic rings. The van der Waals surface area contributed by atoms with E-state index < -0.39 is 35.0 Å². The summed E-state index contributed by atoms with van der Waals surface area (Å²) in [4.78, 5) is 61.7. The average Bonchev–Trinajstić information content (AvgIpc) is 3.80. The van der Waals surface area contributed by atoms with Gasteiger partial charge in [0.25, 0.3) is 0 Å². The summed E-state index contributed by atoms with van der Waals surface area (Å²) in [5.74, 6) is -4.32. The van der Waals surface area contributed by atoms with Crippen molar-refractivity contribution in [2.45, 2.75) is 39.5 Å². The number of hydrogen-bond donors (Lipinski definition) is 1. The molecular weight excluding hydrogens is 776 g/mol. The minimum Gasteiger partial charge on any atom is -0.507 e. The summed E-state index contributed by atoms with van der Waals surface area (Å²) >= 11 is 11.3. The predicted octanol–water partition coefficient (Wildman–Crippen LogP) is 8.48. The molecule has 2 aliphatic carbocycles. The zero-order valence-electron chi connectivity index (χ0n) is 29.3. The molecule has 268 valence electrons. The standard InChI is InChI=1S/C41H34BrClN4O5S/c1-19-6-5-7-26(35(19)48)34-24-13-14-25-33(39(51)46(37(25)49)23-11-8-21(42)9-12-23)28(24)17-29-38(50)47(40(52)41(29,34)3)32-18-30(44-45(32)4)36-20(2)27-16-22(43)10-15-31(27)53-36/h5-13,15-16,18,25,28-29,33-34,48H,14,17H2,1-4H3. The number of phenols is 1. The van der Waals surface area contributed by atoms with E-state index in [-0.39, 0.29) is 35.8 Å². The highest BCUT2D eigenvalue weighted by atomic mass is 79.9. The molecule has 53 heavy (non-hydrogen) atoms. The summed E-state index contributed by atoms with van der Waals surface area (Å²) in [6, 6.07) is 20.1. The van der Waals surface area contributed by atoms with Crippen LogP contribution in [0.5, 0.6) is 5.75 Å². The van der Waals surface area contributed by atoms with E-state index in [1.54, 1.807) is 72.5 Å². The maximum Gasteiger partial charge on any atom is 0.242 e. The van der Waals surface area contributed by atoms with E-state index in [4.69, 9.17) is 16.7 Å². The Labute approximate surface area is 323 Å². The van der Waals surface area contributed by atoms with Gasteiger partial charge in [-0.1, -0.05) is 57.4 Å². The van der Waals surface area contributed by atoms with Gasteiger partial charge in [-0.2, -0.15) is 5.10 Å². The highest BCUT2D eigenvalue weighted by molar-refractivity contribution is 9.10. The number of para-hydroxylation sites is 1. The first-order valence-electron chi connectivity index (χ1n) is 17.5. The summed E-state index contributed by atoms with van der Waals surface area (Å²) in [5.41, 5.74) is 2.81. The molecule has 4 heterocycles. The van der Waals surface area contributed by atoms with Crippen molar-refractivity contribution in [1.29, 1.82) is 0 Å². The number of hydrogen-bond acceptors (Lipinski definition) is 7. The SMILES string of the molecule is Cc1cccc(C2C3=CCC4C(=O)N(c5ccc(Br)cc5)C(=O)C4C3CC3C(=O)N(c4cc(-c5sc6ccc(Cl)cc6c5C)nn4C)C(=O)C32C)c1O. The van der Waals surface area contributed by atoms with Gasteiger partial charge in [0.2, 0.25) is 23.6 Å². The van der Waals surface area contributed by atoms with Crippen molar-refractivity contribution in [3.63, 3.8) is 0 Å². The molecule has 5 aromatic rings. The van der Waals surface area contributed by atoms with Crippen LogP contribution in [0.25, 0.3) is 20.7 Å². The molecule has 4 amide bonds.